The molecule has 3 atom stereocenters. The molecular formula is C15H30N2O. The van der Waals surface area contributed by atoms with Crippen LogP contribution in [0, 0.1) is 5.92 Å². The van der Waals surface area contributed by atoms with Crippen molar-refractivity contribution in [2.45, 2.75) is 70.6 Å². The summed E-state index contributed by atoms with van der Waals surface area (Å²) in [4.78, 5) is 2.64. The Balaban J connectivity index is 2.20. The molecule has 0 bridgehead atoms. The monoisotopic (exact) mass is 254 g/mol. The molecule has 0 spiro atoms. The van der Waals surface area contributed by atoms with Crippen LogP contribution >= 0.6 is 0 Å². The van der Waals surface area contributed by atoms with E-state index in [2.05, 4.69) is 32.6 Å². The molecule has 0 aromatic heterocycles. The molecule has 0 radical (unpaired) electrons. The lowest BCUT2D eigenvalue weighted by atomic mass is 9.71. The van der Waals surface area contributed by atoms with E-state index in [0.717, 1.165) is 19.6 Å². The molecule has 0 aromatic carbocycles. The fraction of sp³-hybridized carbons (Fsp3) is 1.00. The fourth-order valence-corrected chi connectivity index (χ4v) is 4.09. The molecule has 3 unspecified atom stereocenters. The number of hydrogen-bond acceptors (Lipinski definition) is 3. The van der Waals surface area contributed by atoms with E-state index in [9.17, 15) is 0 Å². The van der Waals surface area contributed by atoms with Gasteiger partial charge in [-0.05, 0) is 39.5 Å². The van der Waals surface area contributed by atoms with Crippen LogP contribution < -0.4 is 5.73 Å². The van der Waals surface area contributed by atoms with Crippen LogP contribution in [0.3, 0.4) is 0 Å². The first kappa shape index (κ1) is 14.3. The zero-order valence-corrected chi connectivity index (χ0v) is 12.5. The molecule has 0 aromatic rings. The van der Waals surface area contributed by atoms with Crippen molar-refractivity contribution < 1.29 is 4.74 Å². The van der Waals surface area contributed by atoms with E-state index in [1.807, 2.05) is 0 Å². The second-order valence-electron chi connectivity index (χ2n) is 7.02. The first-order valence-corrected chi connectivity index (χ1v) is 7.52. The Morgan fingerprint density at radius 3 is 2.56 bits per heavy atom. The average molecular weight is 254 g/mol. The summed E-state index contributed by atoms with van der Waals surface area (Å²) in [6, 6.07) is 0. The second-order valence-corrected chi connectivity index (χ2v) is 7.02. The Kier molecular flexibility index (Phi) is 4.05. The molecule has 106 valence electrons. The maximum absolute atomic E-state index is 6.21. The van der Waals surface area contributed by atoms with Crippen molar-refractivity contribution in [3.05, 3.63) is 0 Å². The smallest absolute Gasteiger partial charge is 0.0757 e. The Morgan fingerprint density at radius 1 is 1.28 bits per heavy atom. The van der Waals surface area contributed by atoms with Crippen LogP contribution in [0.5, 0.6) is 0 Å². The molecule has 2 N–H and O–H groups in total. The second kappa shape index (κ2) is 5.10. The highest BCUT2D eigenvalue weighted by atomic mass is 16.5. The van der Waals surface area contributed by atoms with Gasteiger partial charge < -0.3 is 10.5 Å². The van der Waals surface area contributed by atoms with Gasteiger partial charge in [-0.2, -0.15) is 0 Å². The lowest BCUT2D eigenvalue weighted by Crippen LogP contribution is -2.66. The molecule has 3 heteroatoms. The third-order valence-corrected chi connectivity index (χ3v) is 4.97. The van der Waals surface area contributed by atoms with Gasteiger partial charge in [0.25, 0.3) is 0 Å². The van der Waals surface area contributed by atoms with Gasteiger partial charge in [-0.1, -0.05) is 19.8 Å². The Morgan fingerprint density at radius 2 is 2.00 bits per heavy atom. The largest absolute Gasteiger partial charge is 0.370 e. The standard InChI is InChI=1S/C15H30N2O/c1-12-7-5-6-8-15(12,10-16)17-9-13(2)18-14(3,4)11-17/h12-13H,5-11,16H2,1-4H3. The van der Waals surface area contributed by atoms with E-state index < -0.39 is 0 Å². The maximum Gasteiger partial charge on any atom is 0.0757 e. The van der Waals surface area contributed by atoms with E-state index >= 15 is 0 Å². The molecule has 2 fully saturated rings. The quantitative estimate of drug-likeness (QED) is 0.822. The van der Waals surface area contributed by atoms with Gasteiger partial charge >= 0.3 is 0 Å². The van der Waals surface area contributed by atoms with Crippen molar-refractivity contribution >= 4 is 0 Å². The van der Waals surface area contributed by atoms with E-state index in [-0.39, 0.29) is 11.1 Å². The summed E-state index contributed by atoms with van der Waals surface area (Å²) < 4.78 is 6.04. The summed E-state index contributed by atoms with van der Waals surface area (Å²) in [5, 5.41) is 0. The van der Waals surface area contributed by atoms with E-state index in [4.69, 9.17) is 10.5 Å². The molecule has 1 heterocycles. The highest BCUT2D eigenvalue weighted by Gasteiger charge is 2.46. The third-order valence-electron chi connectivity index (χ3n) is 4.97. The predicted octanol–water partition coefficient (Wildman–Crippen LogP) is 2.39. The van der Waals surface area contributed by atoms with Gasteiger partial charge in [0.05, 0.1) is 11.7 Å². The van der Waals surface area contributed by atoms with Crippen molar-refractivity contribution in [1.82, 2.24) is 4.90 Å². The van der Waals surface area contributed by atoms with Gasteiger partial charge in [0, 0.05) is 25.2 Å². The van der Waals surface area contributed by atoms with Crippen LogP contribution in [0.25, 0.3) is 0 Å². The molecule has 1 aliphatic heterocycles. The lowest BCUT2D eigenvalue weighted by molar-refractivity contribution is -0.164. The van der Waals surface area contributed by atoms with Crippen LogP contribution in [-0.2, 0) is 4.74 Å². The number of hydrogen-bond donors (Lipinski definition) is 1. The van der Waals surface area contributed by atoms with E-state index in [1.165, 1.54) is 25.7 Å². The lowest BCUT2D eigenvalue weighted by Gasteiger charge is -2.55. The minimum atomic E-state index is -0.0446. The summed E-state index contributed by atoms with van der Waals surface area (Å²) in [7, 11) is 0. The highest BCUT2D eigenvalue weighted by molar-refractivity contribution is 5.01. The van der Waals surface area contributed by atoms with Crippen LogP contribution in [0.2, 0.25) is 0 Å². The molecule has 2 rings (SSSR count). The summed E-state index contributed by atoms with van der Waals surface area (Å²) >= 11 is 0. The van der Waals surface area contributed by atoms with Gasteiger partial charge in [-0.15, -0.1) is 0 Å². The minimum absolute atomic E-state index is 0.0446. The zero-order chi connectivity index (χ0) is 13.4. The summed E-state index contributed by atoms with van der Waals surface area (Å²) in [6.45, 7) is 11.8. The Hall–Kier alpha value is -0.120. The summed E-state index contributed by atoms with van der Waals surface area (Å²) in [5.41, 5.74) is 6.38. The molecule has 1 aliphatic carbocycles. The SMILES string of the molecule is CC1CN(C2(CN)CCCCC2C)CC(C)(C)O1. The summed E-state index contributed by atoms with van der Waals surface area (Å²) in [5.74, 6) is 0.706. The summed E-state index contributed by atoms with van der Waals surface area (Å²) in [6.07, 6.45) is 5.59. The van der Waals surface area contributed by atoms with Gasteiger partial charge in [0.1, 0.15) is 0 Å². The molecule has 18 heavy (non-hydrogen) atoms. The number of rotatable bonds is 2. The van der Waals surface area contributed by atoms with Gasteiger partial charge in [-0.25, -0.2) is 0 Å². The molecule has 2 aliphatic rings. The normalized spacial score (nSPS) is 41.8. The molecule has 1 saturated heterocycles. The molecule has 1 saturated carbocycles. The van der Waals surface area contributed by atoms with Gasteiger partial charge in [0.2, 0.25) is 0 Å². The molecular weight excluding hydrogens is 224 g/mol. The number of morpholine rings is 1. The van der Waals surface area contributed by atoms with Crippen molar-refractivity contribution in [3.8, 4) is 0 Å². The first-order chi connectivity index (χ1) is 8.39. The predicted molar refractivity (Wildman–Crippen MR) is 75.6 cm³/mol. The number of nitrogens with two attached hydrogens (primary N) is 1. The van der Waals surface area contributed by atoms with Crippen molar-refractivity contribution in [1.29, 1.82) is 0 Å². The van der Waals surface area contributed by atoms with Gasteiger partial charge in [0.15, 0.2) is 0 Å². The van der Waals surface area contributed by atoms with Crippen LogP contribution in [0.1, 0.15) is 53.4 Å². The van der Waals surface area contributed by atoms with Crippen molar-refractivity contribution in [3.63, 3.8) is 0 Å². The van der Waals surface area contributed by atoms with Crippen molar-refractivity contribution in [2.75, 3.05) is 19.6 Å². The fourth-order valence-electron chi connectivity index (χ4n) is 4.09. The number of nitrogens with zero attached hydrogens (tertiary/aromatic N) is 1. The third kappa shape index (κ3) is 2.59. The van der Waals surface area contributed by atoms with Crippen LogP contribution in [0.15, 0.2) is 0 Å². The van der Waals surface area contributed by atoms with Crippen molar-refractivity contribution in [2.24, 2.45) is 11.7 Å². The van der Waals surface area contributed by atoms with Gasteiger partial charge in [-0.3, -0.25) is 4.90 Å². The Bertz CT molecular complexity index is 292. The zero-order valence-electron chi connectivity index (χ0n) is 12.5. The Labute approximate surface area is 112 Å². The molecule has 0 amide bonds. The van der Waals surface area contributed by atoms with Crippen LogP contribution in [0.4, 0.5) is 0 Å². The number of ether oxygens (including phenoxy) is 1. The highest BCUT2D eigenvalue weighted by Crippen LogP contribution is 2.40. The maximum atomic E-state index is 6.21. The minimum Gasteiger partial charge on any atom is -0.370 e. The topological polar surface area (TPSA) is 38.5 Å². The molecule has 3 nitrogen and oxygen atoms in total. The van der Waals surface area contributed by atoms with E-state index in [0.29, 0.717) is 12.0 Å². The first-order valence-electron chi connectivity index (χ1n) is 7.52. The average Bonchev–Trinajstić information content (AvgIpc) is 2.27. The van der Waals surface area contributed by atoms with Crippen LogP contribution in [-0.4, -0.2) is 41.8 Å². The van der Waals surface area contributed by atoms with E-state index in [1.54, 1.807) is 0 Å².